The van der Waals surface area contributed by atoms with Gasteiger partial charge in [-0.05, 0) is 24.2 Å². The second-order valence-electron chi connectivity index (χ2n) is 5.20. The van der Waals surface area contributed by atoms with E-state index >= 15 is 0 Å². The summed E-state index contributed by atoms with van der Waals surface area (Å²) in [5.74, 6) is 0.800. The van der Waals surface area contributed by atoms with Crippen LogP contribution < -0.4 is 0 Å². The summed E-state index contributed by atoms with van der Waals surface area (Å²) in [4.78, 5) is 0. The van der Waals surface area contributed by atoms with Crippen LogP contribution in [0.5, 0.6) is 0 Å². The number of unbranched alkanes of at least 4 members (excludes halogenated alkanes) is 3. The Morgan fingerprint density at radius 1 is 1.19 bits per heavy atom. The minimum absolute atomic E-state index is 0.451. The molecule has 0 unspecified atom stereocenters. The Kier molecular flexibility index (Phi) is 6.37. The van der Waals surface area contributed by atoms with Crippen molar-refractivity contribution in [1.82, 2.24) is 0 Å². The number of methoxy groups -OCH3 is 1. The van der Waals surface area contributed by atoms with Crippen molar-refractivity contribution in [3.05, 3.63) is 0 Å². The largest absolute Gasteiger partial charge is 0.359 e. The summed E-state index contributed by atoms with van der Waals surface area (Å²) in [6.45, 7) is 5.95. The average Bonchev–Trinajstić information content (AvgIpc) is 3.00. The van der Waals surface area contributed by atoms with Crippen molar-refractivity contribution in [3.63, 3.8) is 0 Å². The molecule has 2 heteroatoms. The molecule has 1 saturated carbocycles. The van der Waals surface area contributed by atoms with Crippen LogP contribution in [0, 0.1) is 11.3 Å². The molecule has 1 aliphatic rings. The zero-order chi connectivity index (χ0) is 11.9. The fourth-order valence-electron chi connectivity index (χ4n) is 2.76. The first-order chi connectivity index (χ1) is 7.79. The van der Waals surface area contributed by atoms with Crippen LogP contribution in [-0.2, 0) is 9.47 Å². The van der Waals surface area contributed by atoms with E-state index in [1.807, 2.05) is 0 Å². The van der Waals surface area contributed by atoms with Crippen LogP contribution in [0.4, 0.5) is 0 Å². The highest BCUT2D eigenvalue weighted by atomic mass is 16.7. The molecule has 2 atom stereocenters. The van der Waals surface area contributed by atoms with Gasteiger partial charge in [0, 0.05) is 7.11 Å². The molecular weight excluding hydrogens is 200 g/mol. The first-order valence-electron chi connectivity index (χ1n) is 6.85. The van der Waals surface area contributed by atoms with E-state index in [-0.39, 0.29) is 0 Å². The fourth-order valence-corrected chi connectivity index (χ4v) is 2.76. The number of rotatable bonds is 10. The molecule has 0 N–H and O–H groups in total. The van der Waals surface area contributed by atoms with Gasteiger partial charge in [0.05, 0.1) is 6.61 Å². The molecule has 1 aliphatic carbocycles. The van der Waals surface area contributed by atoms with Crippen molar-refractivity contribution >= 4 is 0 Å². The summed E-state index contributed by atoms with van der Waals surface area (Å²) in [7, 11) is 1.69. The lowest BCUT2D eigenvalue weighted by molar-refractivity contribution is -0.0378. The van der Waals surface area contributed by atoms with Crippen LogP contribution in [0.3, 0.4) is 0 Å². The summed E-state index contributed by atoms with van der Waals surface area (Å²) in [6, 6.07) is 0. The molecule has 0 saturated heterocycles. The lowest BCUT2D eigenvalue weighted by atomic mass is 9.93. The molecule has 0 spiro atoms. The molecule has 2 nitrogen and oxygen atoms in total. The first kappa shape index (κ1) is 14.0. The predicted molar refractivity (Wildman–Crippen MR) is 67.4 cm³/mol. The fraction of sp³-hybridized carbons (Fsp3) is 1.00. The summed E-state index contributed by atoms with van der Waals surface area (Å²) >= 11 is 0. The van der Waals surface area contributed by atoms with Crippen LogP contribution in [-0.4, -0.2) is 20.5 Å². The molecule has 0 aromatic heterocycles. The Morgan fingerprint density at radius 3 is 2.62 bits per heavy atom. The van der Waals surface area contributed by atoms with E-state index in [1.165, 1.54) is 44.9 Å². The van der Waals surface area contributed by atoms with Crippen LogP contribution in [0.15, 0.2) is 0 Å². The van der Waals surface area contributed by atoms with Crippen LogP contribution in [0.1, 0.15) is 58.8 Å². The zero-order valence-electron chi connectivity index (χ0n) is 11.3. The number of ether oxygens (including phenoxy) is 2. The van der Waals surface area contributed by atoms with Gasteiger partial charge in [0.2, 0.25) is 0 Å². The van der Waals surface area contributed by atoms with Gasteiger partial charge in [-0.15, -0.1) is 0 Å². The Hall–Kier alpha value is -0.0800. The maximum absolute atomic E-state index is 5.47. The highest BCUT2D eigenvalue weighted by molar-refractivity contribution is 5.00. The molecule has 0 radical (unpaired) electrons. The van der Waals surface area contributed by atoms with E-state index in [1.54, 1.807) is 7.11 Å². The molecule has 0 heterocycles. The molecule has 96 valence electrons. The summed E-state index contributed by atoms with van der Waals surface area (Å²) in [5.41, 5.74) is 0.626. The molecule has 1 rings (SSSR count). The van der Waals surface area contributed by atoms with Gasteiger partial charge >= 0.3 is 0 Å². The van der Waals surface area contributed by atoms with Crippen molar-refractivity contribution in [3.8, 4) is 0 Å². The normalized spacial score (nSPS) is 28.3. The van der Waals surface area contributed by atoms with E-state index in [4.69, 9.17) is 9.47 Å². The molecule has 16 heavy (non-hydrogen) atoms. The minimum atomic E-state index is 0.451. The third kappa shape index (κ3) is 4.06. The topological polar surface area (TPSA) is 18.5 Å². The van der Waals surface area contributed by atoms with Crippen molar-refractivity contribution < 1.29 is 9.47 Å². The summed E-state index contributed by atoms with van der Waals surface area (Å²) < 4.78 is 10.4. The van der Waals surface area contributed by atoms with E-state index in [9.17, 15) is 0 Å². The van der Waals surface area contributed by atoms with Gasteiger partial charge < -0.3 is 9.47 Å². The third-order valence-electron chi connectivity index (χ3n) is 4.11. The SMILES string of the molecule is CCCCCC[C@]1(CC)C[C@H]1COCOC. The minimum Gasteiger partial charge on any atom is -0.359 e. The number of hydrogen-bond donors (Lipinski definition) is 0. The monoisotopic (exact) mass is 228 g/mol. The second-order valence-corrected chi connectivity index (χ2v) is 5.20. The highest BCUT2D eigenvalue weighted by Gasteiger charge is 2.51. The molecule has 0 amide bonds. The van der Waals surface area contributed by atoms with Crippen LogP contribution in [0.2, 0.25) is 0 Å². The predicted octanol–water partition coefficient (Wildman–Crippen LogP) is 3.99. The Bertz CT molecular complexity index is 182. The smallest absolute Gasteiger partial charge is 0.146 e. The molecule has 1 fully saturated rings. The van der Waals surface area contributed by atoms with E-state index in [2.05, 4.69) is 13.8 Å². The van der Waals surface area contributed by atoms with Crippen LogP contribution >= 0.6 is 0 Å². The third-order valence-corrected chi connectivity index (χ3v) is 4.11. The van der Waals surface area contributed by atoms with Crippen molar-refractivity contribution in [2.24, 2.45) is 11.3 Å². The Morgan fingerprint density at radius 2 is 2.00 bits per heavy atom. The molecule has 0 aromatic carbocycles. The summed E-state index contributed by atoms with van der Waals surface area (Å²) in [6.07, 6.45) is 9.64. The lowest BCUT2D eigenvalue weighted by Gasteiger charge is -2.15. The summed E-state index contributed by atoms with van der Waals surface area (Å²) in [5, 5.41) is 0. The van der Waals surface area contributed by atoms with Gasteiger partial charge in [0.1, 0.15) is 6.79 Å². The van der Waals surface area contributed by atoms with E-state index in [0.29, 0.717) is 12.2 Å². The van der Waals surface area contributed by atoms with Gasteiger partial charge in [-0.3, -0.25) is 0 Å². The van der Waals surface area contributed by atoms with Gasteiger partial charge in [0.15, 0.2) is 0 Å². The quantitative estimate of drug-likeness (QED) is 0.416. The van der Waals surface area contributed by atoms with Gasteiger partial charge in [-0.1, -0.05) is 46.0 Å². The van der Waals surface area contributed by atoms with E-state index in [0.717, 1.165) is 12.5 Å². The number of hydrogen-bond acceptors (Lipinski definition) is 2. The van der Waals surface area contributed by atoms with Crippen LogP contribution in [0.25, 0.3) is 0 Å². The van der Waals surface area contributed by atoms with Gasteiger partial charge in [0.25, 0.3) is 0 Å². The van der Waals surface area contributed by atoms with Crippen molar-refractivity contribution in [2.45, 2.75) is 58.8 Å². The van der Waals surface area contributed by atoms with Gasteiger partial charge in [-0.25, -0.2) is 0 Å². The Labute approximate surface area is 101 Å². The van der Waals surface area contributed by atoms with Crippen molar-refractivity contribution in [2.75, 3.05) is 20.5 Å². The van der Waals surface area contributed by atoms with E-state index < -0.39 is 0 Å². The van der Waals surface area contributed by atoms with Gasteiger partial charge in [-0.2, -0.15) is 0 Å². The molecule has 0 bridgehead atoms. The van der Waals surface area contributed by atoms with Crippen molar-refractivity contribution in [1.29, 1.82) is 0 Å². The second kappa shape index (κ2) is 7.29. The maximum Gasteiger partial charge on any atom is 0.146 e. The Balaban J connectivity index is 2.11. The molecule has 0 aromatic rings. The zero-order valence-corrected chi connectivity index (χ0v) is 11.3. The highest BCUT2D eigenvalue weighted by Crippen LogP contribution is 2.58. The molecule has 0 aliphatic heterocycles. The first-order valence-corrected chi connectivity index (χ1v) is 6.85. The maximum atomic E-state index is 5.47. The molecular formula is C14H28O2. The lowest BCUT2D eigenvalue weighted by Crippen LogP contribution is -2.08. The average molecular weight is 228 g/mol. The standard InChI is InChI=1S/C14H28O2/c1-4-6-7-8-9-14(5-2)10-13(14)11-16-12-15-3/h13H,4-12H2,1-3H3/t13-,14+/m0/s1.